The quantitative estimate of drug-likeness (QED) is 0.888. The maximum Gasteiger partial charge on any atom is 0.257 e. The Kier molecular flexibility index (Phi) is 4.75. The molecule has 1 aromatic carbocycles. The maximum atomic E-state index is 13.7. The van der Waals surface area contributed by atoms with Gasteiger partial charge in [-0.1, -0.05) is 30.8 Å². The molecule has 6 nitrogen and oxygen atoms in total. The van der Waals surface area contributed by atoms with Crippen LogP contribution in [0.25, 0.3) is 5.57 Å². The van der Waals surface area contributed by atoms with Crippen LogP contribution in [0.15, 0.2) is 49.0 Å². The summed E-state index contributed by atoms with van der Waals surface area (Å²) in [4.78, 5) is 32.5. The van der Waals surface area contributed by atoms with Crippen molar-refractivity contribution in [1.29, 1.82) is 0 Å². The third-order valence-electron chi connectivity index (χ3n) is 4.68. The average Bonchev–Trinajstić information content (AvgIpc) is 2.91. The SMILES string of the molecule is C=C1c2ccccc2N(C(C)=O)C1(C(=O)NC(C)(C)C)c1cccc(OC)n1. The summed E-state index contributed by atoms with van der Waals surface area (Å²) >= 11 is 0. The third kappa shape index (κ3) is 2.95. The number of aromatic nitrogens is 1. The Hall–Kier alpha value is -3.15. The number of benzene rings is 1. The second-order valence-corrected chi connectivity index (χ2v) is 7.83. The Bertz CT molecular complexity index is 961. The summed E-state index contributed by atoms with van der Waals surface area (Å²) in [5, 5.41) is 3.01. The lowest BCUT2D eigenvalue weighted by atomic mass is 9.83. The zero-order valence-electron chi connectivity index (χ0n) is 16.9. The minimum atomic E-state index is -1.50. The molecule has 2 amide bonds. The highest BCUT2D eigenvalue weighted by molar-refractivity contribution is 6.17. The van der Waals surface area contributed by atoms with Gasteiger partial charge in [0.1, 0.15) is 0 Å². The van der Waals surface area contributed by atoms with Crippen molar-refractivity contribution < 1.29 is 14.3 Å². The molecule has 28 heavy (non-hydrogen) atoms. The molecule has 1 atom stereocenters. The molecule has 0 saturated heterocycles. The Morgan fingerprint density at radius 2 is 1.82 bits per heavy atom. The van der Waals surface area contributed by atoms with Crippen LogP contribution in [0.3, 0.4) is 0 Å². The number of fused-ring (bicyclic) bond motifs is 1. The standard InChI is InChI=1S/C22H25N3O3/c1-14-16-10-7-8-11-17(16)25(15(2)26)22(14,20(27)24-21(3,4)5)18-12-9-13-19(23-18)28-6/h7-13H,1H2,2-6H3,(H,24,27). The highest BCUT2D eigenvalue weighted by Gasteiger charge is 2.57. The molecule has 1 N–H and O–H groups in total. The zero-order valence-corrected chi connectivity index (χ0v) is 16.9. The van der Waals surface area contributed by atoms with E-state index in [2.05, 4.69) is 16.9 Å². The highest BCUT2D eigenvalue weighted by Crippen LogP contribution is 2.52. The number of nitrogens with one attached hydrogen (secondary N) is 1. The van der Waals surface area contributed by atoms with Gasteiger partial charge in [-0.3, -0.25) is 14.5 Å². The Balaban J connectivity index is 2.34. The van der Waals surface area contributed by atoms with E-state index < -0.39 is 11.1 Å². The van der Waals surface area contributed by atoms with Crippen molar-refractivity contribution in [1.82, 2.24) is 10.3 Å². The predicted molar refractivity (Wildman–Crippen MR) is 109 cm³/mol. The van der Waals surface area contributed by atoms with Crippen molar-refractivity contribution in [2.75, 3.05) is 12.0 Å². The van der Waals surface area contributed by atoms with Crippen molar-refractivity contribution >= 4 is 23.1 Å². The van der Waals surface area contributed by atoms with E-state index >= 15 is 0 Å². The summed E-state index contributed by atoms with van der Waals surface area (Å²) in [6, 6.07) is 12.5. The molecule has 2 aromatic rings. The number of rotatable bonds is 3. The fraction of sp³-hybridized carbons (Fsp3) is 0.318. The van der Waals surface area contributed by atoms with Gasteiger partial charge >= 0.3 is 0 Å². The van der Waals surface area contributed by atoms with E-state index in [0.717, 1.165) is 5.56 Å². The normalized spacial score (nSPS) is 18.6. The number of methoxy groups -OCH3 is 1. The molecule has 0 spiro atoms. The molecule has 1 unspecified atom stereocenters. The molecule has 0 bridgehead atoms. The Labute approximate surface area is 165 Å². The van der Waals surface area contributed by atoms with Gasteiger partial charge in [0.05, 0.1) is 18.5 Å². The van der Waals surface area contributed by atoms with Gasteiger partial charge in [0.15, 0.2) is 5.54 Å². The van der Waals surface area contributed by atoms with Gasteiger partial charge in [-0.25, -0.2) is 4.98 Å². The molecule has 2 heterocycles. The van der Waals surface area contributed by atoms with Crippen LogP contribution in [0.2, 0.25) is 0 Å². The summed E-state index contributed by atoms with van der Waals surface area (Å²) in [5.41, 5.74) is 0.239. The molecule has 1 aliphatic rings. The van der Waals surface area contributed by atoms with Crippen molar-refractivity contribution in [2.45, 2.75) is 38.8 Å². The van der Waals surface area contributed by atoms with Crippen LogP contribution < -0.4 is 15.0 Å². The van der Waals surface area contributed by atoms with E-state index in [9.17, 15) is 9.59 Å². The number of carbonyl (C=O) groups is 2. The molecule has 1 aromatic heterocycles. The molecular weight excluding hydrogens is 354 g/mol. The highest BCUT2D eigenvalue weighted by atomic mass is 16.5. The van der Waals surface area contributed by atoms with E-state index in [1.165, 1.54) is 18.9 Å². The first kappa shape index (κ1) is 19.6. The lowest BCUT2D eigenvalue weighted by molar-refractivity contribution is -0.129. The summed E-state index contributed by atoms with van der Waals surface area (Å²) in [6.07, 6.45) is 0. The van der Waals surface area contributed by atoms with Crippen LogP contribution in [-0.2, 0) is 15.1 Å². The largest absolute Gasteiger partial charge is 0.481 e. The third-order valence-corrected chi connectivity index (χ3v) is 4.68. The van der Waals surface area contributed by atoms with Gasteiger partial charge in [-0.2, -0.15) is 0 Å². The zero-order chi connectivity index (χ0) is 20.7. The smallest absolute Gasteiger partial charge is 0.257 e. The van der Waals surface area contributed by atoms with Crippen LogP contribution in [0.4, 0.5) is 5.69 Å². The van der Waals surface area contributed by atoms with Crippen molar-refractivity contribution in [2.24, 2.45) is 0 Å². The molecule has 0 saturated carbocycles. The van der Waals surface area contributed by atoms with Gasteiger partial charge in [-0.15, -0.1) is 0 Å². The summed E-state index contributed by atoms with van der Waals surface area (Å²) < 4.78 is 5.27. The number of hydrogen-bond donors (Lipinski definition) is 1. The molecule has 146 valence electrons. The number of pyridine rings is 1. The first-order valence-corrected chi connectivity index (χ1v) is 9.06. The number of hydrogen-bond acceptors (Lipinski definition) is 4. The number of carbonyl (C=O) groups excluding carboxylic acids is 2. The number of para-hydroxylation sites is 1. The molecule has 0 aliphatic carbocycles. The minimum Gasteiger partial charge on any atom is -0.481 e. The van der Waals surface area contributed by atoms with Gasteiger partial charge in [0.25, 0.3) is 5.91 Å². The Morgan fingerprint density at radius 3 is 2.43 bits per heavy atom. The summed E-state index contributed by atoms with van der Waals surface area (Å²) in [6.45, 7) is 11.3. The van der Waals surface area contributed by atoms with Crippen LogP contribution in [-0.4, -0.2) is 29.4 Å². The van der Waals surface area contributed by atoms with Gasteiger partial charge in [-0.05, 0) is 38.5 Å². The molecular formula is C22H25N3O3. The topological polar surface area (TPSA) is 71.5 Å². The second kappa shape index (κ2) is 6.78. The van der Waals surface area contributed by atoms with Gasteiger partial charge in [0, 0.05) is 24.1 Å². The molecule has 0 fully saturated rings. The van der Waals surface area contributed by atoms with Crippen LogP contribution in [0.5, 0.6) is 5.88 Å². The average molecular weight is 379 g/mol. The van der Waals surface area contributed by atoms with E-state index in [0.29, 0.717) is 22.8 Å². The summed E-state index contributed by atoms with van der Waals surface area (Å²) in [7, 11) is 1.51. The van der Waals surface area contributed by atoms with Crippen LogP contribution in [0, 0.1) is 0 Å². The van der Waals surface area contributed by atoms with Crippen molar-refractivity contribution in [3.8, 4) is 5.88 Å². The lowest BCUT2D eigenvalue weighted by Crippen LogP contribution is -2.59. The van der Waals surface area contributed by atoms with E-state index in [4.69, 9.17) is 4.74 Å². The second-order valence-electron chi connectivity index (χ2n) is 7.83. The number of ether oxygens (including phenoxy) is 1. The van der Waals surface area contributed by atoms with E-state index in [1.807, 2.05) is 45.0 Å². The van der Waals surface area contributed by atoms with E-state index in [-0.39, 0.29) is 11.8 Å². The minimum absolute atomic E-state index is 0.278. The number of amides is 2. The van der Waals surface area contributed by atoms with Crippen molar-refractivity contribution in [3.63, 3.8) is 0 Å². The predicted octanol–water partition coefficient (Wildman–Crippen LogP) is 3.28. The fourth-order valence-corrected chi connectivity index (χ4v) is 3.63. The Morgan fingerprint density at radius 1 is 1.14 bits per heavy atom. The lowest BCUT2D eigenvalue weighted by Gasteiger charge is -2.39. The number of nitrogens with zero attached hydrogens (tertiary/aromatic N) is 2. The van der Waals surface area contributed by atoms with Crippen LogP contribution >= 0.6 is 0 Å². The molecule has 1 aliphatic heterocycles. The molecule has 0 radical (unpaired) electrons. The van der Waals surface area contributed by atoms with Crippen molar-refractivity contribution in [3.05, 3.63) is 60.3 Å². The van der Waals surface area contributed by atoms with Crippen LogP contribution in [0.1, 0.15) is 39.0 Å². The number of anilines is 1. The fourth-order valence-electron chi connectivity index (χ4n) is 3.63. The first-order valence-electron chi connectivity index (χ1n) is 9.06. The molecule has 6 heteroatoms. The van der Waals surface area contributed by atoms with Gasteiger partial charge in [0.2, 0.25) is 11.8 Å². The monoisotopic (exact) mass is 379 g/mol. The summed E-state index contributed by atoms with van der Waals surface area (Å²) in [5.74, 6) is -0.287. The maximum absolute atomic E-state index is 13.7. The molecule has 3 rings (SSSR count). The van der Waals surface area contributed by atoms with Gasteiger partial charge < -0.3 is 10.1 Å². The first-order chi connectivity index (χ1) is 13.1. The van der Waals surface area contributed by atoms with E-state index in [1.54, 1.807) is 18.2 Å².